The number of aliphatic carboxylic acids is 1. The van der Waals surface area contributed by atoms with E-state index in [1.165, 1.54) is 6.33 Å². The van der Waals surface area contributed by atoms with Crippen LogP contribution in [0.4, 0.5) is 0 Å². The zero-order chi connectivity index (χ0) is 14.9. The molecule has 0 aliphatic carbocycles. The second-order valence-corrected chi connectivity index (χ2v) is 4.23. The minimum absolute atomic E-state index is 0.0592. The van der Waals surface area contributed by atoms with E-state index in [1.54, 1.807) is 12.3 Å². The SMILES string of the molecule is O=C(O)CCCO/N=C(\c1ccccc1)c1ccncn1. The number of rotatable bonds is 7. The third-order valence-electron chi connectivity index (χ3n) is 2.65. The lowest BCUT2D eigenvalue weighted by Gasteiger charge is -2.06. The predicted molar refractivity (Wildman–Crippen MR) is 76.9 cm³/mol. The monoisotopic (exact) mass is 285 g/mol. The van der Waals surface area contributed by atoms with E-state index in [9.17, 15) is 4.79 Å². The van der Waals surface area contributed by atoms with Crippen molar-refractivity contribution in [1.82, 2.24) is 9.97 Å². The molecule has 0 aliphatic heterocycles. The second-order valence-electron chi connectivity index (χ2n) is 4.23. The van der Waals surface area contributed by atoms with E-state index in [4.69, 9.17) is 9.94 Å². The second kappa shape index (κ2) is 7.74. The number of hydrogen-bond donors (Lipinski definition) is 1. The lowest BCUT2D eigenvalue weighted by atomic mass is 10.1. The van der Waals surface area contributed by atoms with Crippen LogP contribution in [0.1, 0.15) is 24.1 Å². The van der Waals surface area contributed by atoms with Gasteiger partial charge in [-0.2, -0.15) is 0 Å². The normalized spacial score (nSPS) is 11.1. The van der Waals surface area contributed by atoms with Crippen molar-refractivity contribution in [3.05, 3.63) is 60.2 Å². The van der Waals surface area contributed by atoms with Crippen LogP contribution in [-0.2, 0) is 9.63 Å². The molecule has 0 fully saturated rings. The quantitative estimate of drug-likeness (QED) is 0.478. The summed E-state index contributed by atoms with van der Waals surface area (Å²) in [6, 6.07) is 11.3. The zero-order valence-corrected chi connectivity index (χ0v) is 11.3. The highest BCUT2D eigenvalue weighted by molar-refractivity contribution is 6.11. The van der Waals surface area contributed by atoms with Crippen molar-refractivity contribution in [2.24, 2.45) is 5.16 Å². The van der Waals surface area contributed by atoms with Crippen molar-refractivity contribution in [1.29, 1.82) is 0 Å². The molecular weight excluding hydrogens is 270 g/mol. The van der Waals surface area contributed by atoms with Crippen molar-refractivity contribution in [3.63, 3.8) is 0 Å². The molecule has 0 bridgehead atoms. The summed E-state index contributed by atoms with van der Waals surface area (Å²) in [5, 5.41) is 12.7. The molecule has 0 spiro atoms. The fraction of sp³-hybridized carbons (Fsp3) is 0.200. The number of oxime groups is 1. The van der Waals surface area contributed by atoms with Crippen LogP contribution in [0.2, 0.25) is 0 Å². The topological polar surface area (TPSA) is 84.7 Å². The third kappa shape index (κ3) is 4.68. The summed E-state index contributed by atoms with van der Waals surface area (Å²) in [7, 11) is 0. The standard InChI is InChI=1S/C15H15N3O3/c19-14(20)7-4-10-21-18-15(12-5-2-1-3-6-12)13-8-9-16-11-17-13/h1-3,5-6,8-9,11H,4,7,10H2,(H,19,20)/b18-15+. The number of benzene rings is 1. The molecule has 0 saturated carbocycles. The summed E-state index contributed by atoms with van der Waals surface area (Å²) in [6.07, 6.45) is 3.54. The van der Waals surface area contributed by atoms with E-state index in [2.05, 4.69) is 15.1 Å². The average molecular weight is 285 g/mol. The van der Waals surface area contributed by atoms with E-state index < -0.39 is 5.97 Å². The van der Waals surface area contributed by atoms with E-state index >= 15 is 0 Å². The molecule has 0 radical (unpaired) electrons. The Bertz CT molecular complexity index is 559. The molecule has 0 aliphatic rings. The van der Waals surface area contributed by atoms with Crippen molar-refractivity contribution >= 4 is 11.7 Å². The van der Waals surface area contributed by atoms with Crippen LogP contribution in [0, 0.1) is 0 Å². The number of aromatic nitrogens is 2. The van der Waals surface area contributed by atoms with Crippen molar-refractivity contribution in [2.75, 3.05) is 6.61 Å². The average Bonchev–Trinajstić information content (AvgIpc) is 2.52. The fourth-order valence-electron chi connectivity index (χ4n) is 1.67. The Balaban J connectivity index is 2.11. The molecule has 1 aromatic heterocycles. The molecular formula is C15H15N3O3. The largest absolute Gasteiger partial charge is 0.481 e. The summed E-state index contributed by atoms with van der Waals surface area (Å²) in [5.74, 6) is -0.846. The van der Waals surface area contributed by atoms with E-state index in [0.717, 1.165) is 5.56 Å². The van der Waals surface area contributed by atoms with Crippen LogP contribution in [0.25, 0.3) is 0 Å². The molecule has 1 aromatic carbocycles. The molecule has 21 heavy (non-hydrogen) atoms. The number of carbonyl (C=O) groups is 1. The highest BCUT2D eigenvalue weighted by Crippen LogP contribution is 2.08. The first-order chi connectivity index (χ1) is 10.3. The first kappa shape index (κ1) is 14.6. The van der Waals surface area contributed by atoms with Crippen molar-refractivity contribution in [2.45, 2.75) is 12.8 Å². The summed E-state index contributed by atoms with van der Waals surface area (Å²) in [6.45, 7) is 0.244. The molecule has 108 valence electrons. The summed E-state index contributed by atoms with van der Waals surface area (Å²) in [4.78, 5) is 23.7. The minimum atomic E-state index is -0.846. The van der Waals surface area contributed by atoms with Gasteiger partial charge in [0.2, 0.25) is 0 Å². The van der Waals surface area contributed by atoms with Gasteiger partial charge in [0.15, 0.2) is 0 Å². The van der Waals surface area contributed by atoms with Gasteiger partial charge in [-0.3, -0.25) is 4.79 Å². The third-order valence-corrected chi connectivity index (χ3v) is 2.65. The minimum Gasteiger partial charge on any atom is -0.481 e. The Hall–Kier alpha value is -2.76. The Kier molecular flexibility index (Phi) is 5.40. The molecule has 0 saturated heterocycles. The van der Waals surface area contributed by atoms with Gasteiger partial charge in [0.05, 0.1) is 5.69 Å². The summed E-state index contributed by atoms with van der Waals surface area (Å²) < 4.78 is 0. The smallest absolute Gasteiger partial charge is 0.303 e. The van der Waals surface area contributed by atoms with Crippen LogP contribution in [0.15, 0.2) is 54.1 Å². The van der Waals surface area contributed by atoms with E-state index in [0.29, 0.717) is 17.8 Å². The van der Waals surface area contributed by atoms with Gasteiger partial charge in [-0.1, -0.05) is 35.5 Å². The first-order valence-electron chi connectivity index (χ1n) is 6.51. The maximum absolute atomic E-state index is 10.4. The van der Waals surface area contributed by atoms with Crippen molar-refractivity contribution in [3.8, 4) is 0 Å². The number of nitrogens with zero attached hydrogens (tertiary/aromatic N) is 3. The number of hydrogen-bond acceptors (Lipinski definition) is 5. The van der Waals surface area contributed by atoms with Gasteiger partial charge in [-0.05, 0) is 12.5 Å². The molecule has 6 heteroatoms. The Morgan fingerprint density at radius 2 is 2.05 bits per heavy atom. The summed E-state index contributed by atoms with van der Waals surface area (Å²) >= 11 is 0. The summed E-state index contributed by atoms with van der Waals surface area (Å²) in [5.41, 5.74) is 2.11. The van der Waals surface area contributed by atoms with Gasteiger partial charge < -0.3 is 9.94 Å². The van der Waals surface area contributed by atoms with Crippen LogP contribution < -0.4 is 0 Å². The molecule has 2 aromatic rings. The Labute approximate surface area is 122 Å². The van der Waals surface area contributed by atoms with Crippen LogP contribution in [-0.4, -0.2) is 33.4 Å². The van der Waals surface area contributed by atoms with Crippen LogP contribution in [0.3, 0.4) is 0 Å². The van der Waals surface area contributed by atoms with Gasteiger partial charge in [0.25, 0.3) is 0 Å². The number of carboxylic acids is 1. The molecule has 0 amide bonds. The van der Waals surface area contributed by atoms with Gasteiger partial charge in [-0.15, -0.1) is 0 Å². The zero-order valence-electron chi connectivity index (χ0n) is 11.3. The maximum Gasteiger partial charge on any atom is 0.303 e. The van der Waals surface area contributed by atoms with Gasteiger partial charge in [0.1, 0.15) is 18.6 Å². The van der Waals surface area contributed by atoms with Gasteiger partial charge >= 0.3 is 5.97 Å². The molecule has 0 unspecified atom stereocenters. The predicted octanol–water partition coefficient (Wildman–Crippen LogP) is 2.11. The Morgan fingerprint density at radius 3 is 2.71 bits per heavy atom. The maximum atomic E-state index is 10.4. The lowest BCUT2D eigenvalue weighted by Crippen LogP contribution is -2.07. The van der Waals surface area contributed by atoms with Crippen LogP contribution >= 0.6 is 0 Å². The molecule has 0 atom stereocenters. The van der Waals surface area contributed by atoms with Crippen LogP contribution in [0.5, 0.6) is 0 Å². The fourth-order valence-corrected chi connectivity index (χ4v) is 1.67. The van der Waals surface area contributed by atoms with Gasteiger partial charge in [0, 0.05) is 18.2 Å². The van der Waals surface area contributed by atoms with Crippen molar-refractivity contribution < 1.29 is 14.7 Å². The lowest BCUT2D eigenvalue weighted by molar-refractivity contribution is -0.137. The highest BCUT2D eigenvalue weighted by atomic mass is 16.6. The van der Waals surface area contributed by atoms with Gasteiger partial charge in [-0.25, -0.2) is 9.97 Å². The molecule has 1 heterocycles. The molecule has 1 N–H and O–H groups in total. The number of carboxylic acid groups (broad SMARTS) is 1. The first-order valence-corrected chi connectivity index (χ1v) is 6.51. The van der Waals surface area contributed by atoms with E-state index in [-0.39, 0.29) is 13.0 Å². The Morgan fingerprint density at radius 1 is 1.24 bits per heavy atom. The van der Waals surface area contributed by atoms with E-state index in [1.807, 2.05) is 30.3 Å². The molecule has 6 nitrogen and oxygen atoms in total. The molecule has 2 rings (SSSR count). The highest BCUT2D eigenvalue weighted by Gasteiger charge is 2.08.